The summed E-state index contributed by atoms with van der Waals surface area (Å²) < 4.78 is 5.32. The molecule has 0 radical (unpaired) electrons. The molecule has 1 atom stereocenters. The van der Waals surface area contributed by atoms with Crippen LogP contribution in [0.25, 0.3) is 0 Å². The van der Waals surface area contributed by atoms with Crippen LogP contribution in [0.2, 0.25) is 0 Å². The first-order valence-electron chi connectivity index (χ1n) is 15.2. The number of ketones is 1. The third kappa shape index (κ3) is 7.28. The fraction of sp³-hybridized carbons (Fsp3) is 0.297. The van der Waals surface area contributed by atoms with E-state index < -0.39 is 11.3 Å². The number of hydrogen-bond acceptors (Lipinski definition) is 4. The van der Waals surface area contributed by atoms with Gasteiger partial charge in [0.2, 0.25) is 0 Å². The Morgan fingerprint density at radius 2 is 1.07 bits per heavy atom. The summed E-state index contributed by atoms with van der Waals surface area (Å²) >= 11 is 4.49. The number of Topliss-reactive ketones (excluding diaryl/α,β-unsaturated/α-hetero) is 1. The van der Waals surface area contributed by atoms with Crippen LogP contribution in [-0.4, -0.2) is 29.1 Å². The van der Waals surface area contributed by atoms with Gasteiger partial charge in [0.1, 0.15) is 11.3 Å². The molecule has 4 aromatic rings. The van der Waals surface area contributed by atoms with E-state index in [1.54, 1.807) is 25.1 Å². The average Bonchev–Trinajstić information content (AvgIpc) is 3.04. The van der Waals surface area contributed by atoms with E-state index in [1.807, 2.05) is 18.2 Å². The van der Waals surface area contributed by atoms with Crippen molar-refractivity contribution in [1.82, 2.24) is 0 Å². The van der Waals surface area contributed by atoms with E-state index in [9.17, 15) is 14.7 Å². The summed E-state index contributed by atoms with van der Waals surface area (Å²) in [6.07, 6.45) is 7.89. The standard InChI is InChI=1S/C37H42BrO4P/c1-30(39)36(28-16-5-3-2-4-6-19-29-42-37(41)34-26-17-18-27-35(34)40)43(38,31-20-10-7-11-21-31,32-22-12-8-13-23-32)33-24-14-9-15-25-33/h7-15,17-18,20-27,36,40H,2-6,16,19,28-29H2,1H3. The number of phenols is 1. The summed E-state index contributed by atoms with van der Waals surface area (Å²) in [7, 11) is 0. The maximum absolute atomic E-state index is 13.7. The zero-order chi connectivity index (χ0) is 30.6. The maximum atomic E-state index is 13.7. The number of rotatable bonds is 16. The quantitative estimate of drug-likeness (QED) is 0.0744. The Morgan fingerprint density at radius 1 is 0.651 bits per heavy atom. The summed E-state index contributed by atoms with van der Waals surface area (Å²) in [5, 5.41) is 9.96. The van der Waals surface area contributed by atoms with E-state index in [0.29, 0.717) is 6.61 Å². The van der Waals surface area contributed by atoms with Crippen LogP contribution >= 0.6 is 20.8 Å². The molecule has 0 bridgehead atoms. The molecule has 1 N–H and O–H groups in total. The molecule has 0 amide bonds. The minimum atomic E-state index is -3.36. The Labute approximate surface area is 264 Å². The molecule has 0 aliphatic carbocycles. The molecule has 4 aromatic carbocycles. The average molecular weight is 662 g/mol. The number of esters is 1. The van der Waals surface area contributed by atoms with Gasteiger partial charge in [-0.1, -0.05) is 12.1 Å². The van der Waals surface area contributed by atoms with E-state index in [4.69, 9.17) is 4.74 Å². The summed E-state index contributed by atoms with van der Waals surface area (Å²) in [6, 6.07) is 38.1. The van der Waals surface area contributed by atoms with Crippen molar-refractivity contribution in [3.63, 3.8) is 0 Å². The van der Waals surface area contributed by atoms with Gasteiger partial charge in [0.15, 0.2) is 0 Å². The molecule has 0 aromatic heterocycles. The number of benzene rings is 4. The Kier molecular flexibility index (Phi) is 11.7. The second-order valence-electron chi connectivity index (χ2n) is 11.1. The predicted octanol–water partition coefficient (Wildman–Crippen LogP) is 8.47. The SMILES string of the molecule is CC(=O)C(CCCCCCCCCOC(=O)c1ccccc1O)P(Br)(c1ccccc1)(c1ccccc1)c1ccccc1. The van der Waals surface area contributed by atoms with E-state index in [0.717, 1.165) is 51.4 Å². The van der Waals surface area contributed by atoms with Gasteiger partial charge in [-0.05, 0) is 12.1 Å². The van der Waals surface area contributed by atoms with Gasteiger partial charge in [-0.3, -0.25) is 0 Å². The molecule has 4 rings (SSSR count). The van der Waals surface area contributed by atoms with Crippen LogP contribution in [0.1, 0.15) is 68.6 Å². The van der Waals surface area contributed by atoms with Gasteiger partial charge in [0.25, 0.3) is 0 Å². The molecule has 6 heteroatoms. The molecule has 4 nitrogen and oxygen atoms in total. The van der Waals surface area contributed by atoms with Gasteiger partial charge in [0, 0.05) is 0 Å². The number of unbranched alkanes of at least 4 members (excludes halogenated alkanes) is 6. The Hall–Kier alpha value is -3.27. The van der Waals surface area contributed by atoms with E-state index in [1.165, 1.54) is 22.0 Å². The fourth-order valence-corrected chi connectivity index (χ4v) is 15.3. The van der Waals surface area contributed by atoms with Crippen LogP contribution in [-0.2, 0) is 9.53 Å². The van der Waals surface area contributed by atoms with Crippen LogP contribution in [0.4, 0.5) is 0 Å². The molecule has 0 spiro atoms. The van der Waals surface area contributed by atoms with Crippen molar-refractivity contribution in [2.75, 3.05) is 6.61 Å². The molecule has 43 heavy (non-hydrogen) atoms. The molecule has 226 valence electrons. The first-order valence-corrected chi connectivity index (χ1v) is 19.6. The van der Waals surface area contributed by atoms with Crippen molar-refractivity contribution in [1.29, 1.82) is 0 Å². The van der Waals surface area contributed by atoms with Crippen LogP contribution in [0, 0.1) is 0 Å². The molecular weight excluding hydrogens is 619 g/mol. The van der Waals surface area contributed by atoms with Crippen molar-refractivity contribution < 1.29 is 19.4 Å². The van der Waals surface area contributed by atoms with E-state index >= 15 is 0 Å². The predicted molar refractivity (Wildman–Crippen MR) is 184 cm³/mol. The number of carbonyl (C=O) groups excluding carboxylic acids is 2. The Balaban J connectivity index is 1.38. The molecule has 0 fully saturated rings. The van der Waals surface area contributed by atoms with Gasteiger partial charge in [-0.2, -0.15) is 0 Å². The minimum absolute atomic E-state index is 0.0543. The number of halogens is 1. The molecular formula is C37H42BrO4P. The molecule has 0 saturated carbocycles. The van der Waals surface area contributed by atoms with Crippen molar-refractivity contribution in [3.05, 3.63) is 121 Å². The summed E-state index contributed by atoms with van der Waals surface area (Å²) in [5.74, 6) is -0.325. The summed E-state index contributed by atoms with van der Waals surface area (Å²) in [6.45, 7) is 2.11. The molecule has 1 unspecified atom stereocenters. The van der Waals surface area contributed by atoms with E-state index in [-0.39, 0.29) is 22.8 Å². The first kappa shape index (κ1) is 32.6. The summed E-state index contributed by atoms with van der Waals surface area (Å²) in [5.41, 5.74) is 0.00671. The first-order chi connectivity index (χ1) is 20.9. The molecule has 0 aliphatic heterocycles. The van der Waals surface area contributed by atoms with Crippen molar-refractivity contribution in [2.24, 2.45) is 0 Å². The third-order valence-electron chi connectivity index (χ3n) is 8.32. The fourth-order valence-electron chi connectivity index (χ4n) is 6.15. The van der Waals surface area contributed by atoms with Crippen LogP contribution < -0.4 is 15.9 Å². The van der Waals surface area contributed by atoms with Gasteiger partial charge in [-0.25, -0.2) is 4.79 Å². The second kappa shape index (κ2) is 15.5. The van der Waals surface area contributed by atoms with Gasteiger partial charge in [-0.15, -0.1) is 0 Å². The van der Waals surface area contributed by atoms with Crippen LogP contribution in [0.5, 0.6) is 5.75 Å². The van der Waals surface area contributed by atoms with Crippen LogP contribution in [0.15, 0.2) is 115 Å². The molecule has 0 heterocycles. The number of para-hydroxylation sites is 1. The number of phenolic OH excluding ortho intramolecular Hbond substituents is 1. The van der Waals surface area contributed by atoms with Crippen molar-refractivity contribution >= 4 is 48.5 Å². The topological polar surface area (TPSA) is 63.6 Å². The van der Waals surface area contributed by atoms with Gasteiger partial charge < -0.3 is 5.11 Å². The third-order valence-corrected chi connectivity index (χ3v) is 19.2. The zero-order valence-electron chi connectivity index (χ0n) is 24.9. The van der Waals surface area contributed by atoms with Crippen LogP contribution in [0.3, 0.4) is 0 Å². The van der Waals surface area contributed by atoms with Crippen molar-refractivity contribution in [2.45, 2.75) is 63.9 Å². The molecule has 0 aliphatic rings. The second-order valence-corrected chi connectivity index (χ2v) is 19.9. The van der Waals surface area contributed by atoms with Crippen molar-refractivity contribution in [3.8, 4) is 5.75 Å². The van der Waals surface area contributed by atoms with E-state index in [2.05, 4.69) is 88.3 Å². The summed E-state index contributed by atoms with van der Waals surface area (Å²) in [4.78, 5) is 25.8. The zero-order valence-corrected chi connectivity index (χ0v) is 27.4. The number of aromatic hydroxyl groups is 1. The Bertz CT molecular complexity index is 1360. The molecule has 0 saturated heterocycles. The number of hydrogen-bond donors (Lipinski definition) is 1. The van der Waals surface area contributed by atoms with Gasteiger partial charge in [0.05, 0.1) is 0 Å². The monoisotopic (exact) mass is 660 g/mol. The number of ether oxygens (including phenoxy) is 1. The van der Waals surface area contributed by atoms with Gasteiger partial charge >= 0.3 is 220 Å². The number of carbonyl (C=O) groups is 2. The Morgan fingerprint density at radius 3 is 1.53 bits per heavy atom. The normalized spacial score (nSPS) is 13.0.